The highest BCUT2D eigenvalue weighted by molar-refractivity contribution is 8.14. The van der Waals surface area contributed by atoms with Crippen molar-refractivity contribution in [1.82, 2.24) is 4.98 Å². The van der Waals surface area contributed by atoms with E-state index < -0.39 is 0 Å². The van der Waals surface area contributed by atoms with Crippen molar-refractivity contribution in [2.45, 2.75) is 37.6 Å². The molecule has 1 fully saturated rings. The number of hydrogen-bond acceptors (Lipinski definition) is 5. The Hall–Kier alpha value is -1.23. The van der Waals surface area contributed by atoms with E-state index in [-0.39, 0.29) is 5.54 Å². The molecule has 1 aliphatic carbocycles. The molecule has 1 aliphatic heterocycles. The first-order chi connectivity index (χ1) is 9.30. The van der Waals surface area contributed by atoms with Crippen LogP contribution in [0.2, 0.25) is 0 Å². The lowest BCUT2D eigenvalue weighted by Gasteiger charge is -2.29. The lowest BCUT2D eigenvalue weighted by Crippen LogP contribution is -2.29. The Balaban J connectivity index is 1.67. The zero-order chi connectivity index (χ0) is 13.1. The molecule has 0 saturated heterocycles. The van der Waals surface area contributed by atoms with Gasteiger partial charge in [0.05, 0.1) is 24.5 Å². The van der Waals surface area contributed by atoms with Crippen LogP contribution < -0.4 is 10.1 Å². The summed E-state index contributed by atoms with van der Waals surface area (Å²) in [5.41, 5.74) is 1.19. The molecule has 0 aromatic carbocycles. The van der Waals surface area contributed by atoms with Gasteiger partial charge in [-0.25, -0.2) is 4.98 Å². The Labute approximate surface area is 118 Å². The fraction of sp³-hybridized carbons (Fsp3) is 0.571. The molecule has 0 unspecified atom stereocenters. The SMILES string of the molecule is COc1ccc(NC2=NC3(CCCCC3)CS2)cn1. The van der Waals surface area contributed by atoms with Gasteiger partial charge in [0.1, 0.15) is 0 Å². The summed E-state index contributed by atoms with van der Waals surface area (Å²) in [6.07, 6.45) is 8.28. The molecule has 4 nitrogen and oxygen atoms in total. The summed E-state index contributed by atoms with van der Waals surface area (Å²) in [5, 5.41) is 4.39. The topological polar surface area (TPSA) is 46.5 Å². The van der Waals surface area contributed by atoms with E-state index in [1.807, 2.05) is 23.9 Å². The summed E-state index contributed by atoms with van der Waals surface area (Å²) in [7, 11) is 1.62. The maximum Gasteiger partial charge on any atom is 0.213 e. The van der Waals surface area contributed by atoms with E-state index in [1.54, 1.807) is 13.3 Å². The van der Waals surface area contributed by atoms with E-state index in [2.05, 4.69) is 10.3 Å². The van der Waals surface area contributed by atoms with Gasteiger partial charge in [-0.2, -0.15) is 0 Å². The smallest absolute Gasteiger partial charge is 0.213 e. The largest absolute Gasteiger partial charge is 0.481 e. The molecule has 2 aliphatic rings. The van der Waals surface area contributed by atoms with Crippen LogP contribution in [-0.4, -0.2) is 28.6 Å². The second-order valence-electron chi connectivity index (χ2n) is 5.20. The standard InChI is InChI=1S/C14H19N3OS/c1-18-12-6-5-11(9-15-12)16-13-17-14(10-19-13)7-3-2-4-8-14/h5-6,9H,2-4,7-8,10H2,1H3,(H,16,17). The number of aliphatic imine (C=N–C) groups is 1. The van der Waals surface area contributed by atoms with Crippen LogP contribution in [0.4, 0.5) is 5.69 Å². The van der Waals surface area contributed by atoms with Crippen LogP contribution in [0.3, 0.4) is 0 Å². The Bertz CT molecular complexity index is 466. The summed E-state index contributed by atoms with van der Waals surface area (Å²) < 4.78 is 5.05. The predicted octanol–water partition coefficient (Wildman–Crippen LogP) is 3.31. The third-order valence-electron chi connectivity index (χ3n) is 3.80. The Morgan fingerprint density at radius 1 is 1.26 bits per heavy atom. The normalized spacial score (nSPS) is 21.2. The van der Waals surface area contributed by atoms with Crippen LogP contribution in [0.5, 0.6) is 5.88 Å². The van der Waals surface area contributed by atoms with Gasteiger partial charge < -0.3 is 10.1 Å². The highest BCUT2D eigenvalue weighted by atomic mass is 32.2. The fourth-order valence-electron chi connectivity index (χ4n) is 2.71. The summed E-state index contributed by atoms with van der Waals surface area (Å²) in [5.74, 6) is 1.76. The van der Waals surface area contributed by atoms with Gasteiger partial charge >= 0.3 is 0 Å². The first kappa shape index (κ1) is 12.8. The van der Waals surface area contributed by atoms with E-state index in [4.69, 9.17) is 9.73 Å². The minimum atomic E-state index is 0.213. The van der Waals surface area contributed by atoms with E-state index >= 15 is 0 Å². The summed E-state index contributed by atoms with van der Waals surface area (Å²) in [4.78, 5) is 9.12. The molecule has 0 amide bonds. The molecule has 0 bridgehead atoms. The zero-order valence-corrected chi connectivity index (χ0v) is 12.0. The number of methoxy groups -OCH3 is 1. The Morgan fingerprint density at radius 2 is 2.11 bits per heavy atom. The highest BCUT2D eigenvalue weighted by Crippen LogP contribution is 2.39. The van der Waals surface area contributed by atoms with E-state index in [0.717, 1.165) is 16.6 Å². The molecule has 1 saturated carbocycles. The maximum atomic E-state index is 5.05. The van der Waals surface area contributed by atoms with Gasteiger partial charge in [-0.15, -0.1) is 0 Å². The number of thioether (sulfide) groups is 1. The highest BCUT2D eigenvalue weighted by Gasteiger charge is 2.36. The van der Waals surface area contributed by atoms with Gasteiger partial charge in [0.2, 0.25) is 5.88 Å². The number of nitrogens with zero attached hydrogens (tertiary/aromatic N) is 2. The minimum absolute atomic E-state index is 0.213. The molecular formula is C14H19N3OS. The van der Waals surface area contributed by atoms with Crippen molar-refractivity contribution in [2.75, 3.05) is 18.2 Å². The third-order valence-corrected chi connectivity index (χ3v) is 4.95. The molecule has 1 aromatic rings. The molecule has 5 heteroatoms. The van der Waals surface area contributed by atoms with Crippen LogP contribution in [0.15, 0.2) is 23.3 Å². The molecule has 2 heterocycles. The number of nitrogens with one attached hydrogen (secondary N) is 1. The lowest BCUT2D eigenvalue weighted by atomic mass is 9.84. The second kappa shape index (κ2) is 5.41. The zero-order valence-electron chi connectivity index (χ0n) is 11.2. The van der Waals surface area contributed by atoms with Crippen molar-refractivity contribution < 1.29 is 4.74 Å². The van der Waals surface area contributed by atoms with Gasteiger partial charge in [-0.3, -0.25) is 4.99 Å². The average molecular weight is 277 g/mol. The molecule has 1 aromatic heterocycles. The van der Waals surface area contributed by atoms with Crippen molar-refractivity contribution in [3.05, 3.63) is 18.3 Å². The Kier molecular flexibility index (Phi) is 3.64. The maximum absolute atomic E-state index is 5.05. The molecule has 102 valence electrons. The van der Waals surface area contributed by atoms with Crippen LogP contribution >= 0.6 is 11.8 Å². The fourth-order valence-corrected chi connectivity index (χ4v) is 3.92. The van der Waals surface area contributed by atoms with Crippen LogP contribution in [0.1, 0.15) is 32.1 Å². The average Bonchev–Trinajstić information content (AvgIpc) is 2.83. The van der Waals surface area contributed by atoms with Crippen molar-refractivity contribution in [2.24, 2.45) is 4.99 Å². The molecule has 0 atom stereocenters. The van der Waals surface area contributed by atoms with Crippen LogP contribution in [0, 0.1) is 0 Å². The molecule has 3 rings (SSSR count). The van der Waals surface area contributed by atoms with Crippen molar-refractivity contribution in [3.8, 4) is 5.88 Å². The monoisotopic (exact) mass is 277 g/mol. The predicted molar refractivity (Wildman–Crippen MR) is 80.1 cm³/mol. The van der Waals surface area contributed by atoms with Crippen LogP contribution in [-0.2, 0) is 0 Å². The molecule has 19 heavy (non-hydrogen) atoms. The number of aromatic nitrogens is 1. The number of anilines is 1. The van der Waals surface area contributed by atoms with E-state index in [0.29, 0.717) is 5.88 Å². The number of pyridine rings is 1. The summed E-state index contributed by atoms with van der Waals surface area (Å²) in [6.45, 7) is 0. The summed E-state index contributed by atoms with van der Waals surface area (Å²) >= 11 is 1.83. The van der Waals surface area contributed by atoms with Gasteiger partial charge in [0.15, 0.2) is 5.17 Å². The van der Waals surface area contributed by atoms with Gasteiger partial charge in [-0.05, 0) is 18.9 Å². The van der Waals surface area contributed by atoms with Crippen LogP contribution in [0.25, 0.3) is 0 Å². The first-order valence-corrected chi connectivity index (χ1v) is 7.78. The minimum Gasteiger partial charge on any atom is -0.481 e. The van der Waals surface area contributed by atoms with Gasteiger partial charge in [0, 0.05) is 11.8 Å². The molecule has 1 spiro atoms. The molecule has 0 radical (unpaired) electrons. The number of amidine groups is 1. The Morgan fingerprint density at radius 3 is 2.79 bits per heavy atom. The lowest BCUT2D eigenvalue weighted by molar-refractivity contribution is 0.335. The summed E-state index contributed by atoms with van der Waals surface area (Å²) in [6, 6.07) is 3.83. The van der Waals surface area contributed by atoms with Crippen molar-refractivity contribution in [1.29, 1.82) is 0 Å². The molecular weight excluding hydrogens is 258 g/mol. The van der Waals surface area contributed by atoms with Gasteiger partial charge in [-0.1, -0.05) is 31.0 Å². The molecule has 1 N–H and O–H groups in total. The van der Waals surface area contributed by atoms with Gasteiger partial charge in [0.25, 0.3) is 0 Å². The second-order valence-corrected chi connectivity index (χ2v) is 6.17. The number of hydrogen-bond donors (Lipinski definition) is 1. The van der Waals surface area contributed by atoms with Crippen molar-refractivity contribution >= 4 is 22.6 Å². The number of ether oxygens (including phenoxy) is 1. The quantitative estimate of drug-likeness (QED) is 0.901. The van der Waals surface area contributed by atoms with E-state index in [9.17, 15) is 0 Å². The van der Waals surface area contributed by atoms with Crippen molar-refractivity contribution in [3.63, 3.8) is 0 Å². The third kappa shape index (κ3) is 2.86. The first-order valence-electron chi connectivity index (χ1n) is 6.79. The van der Waals surface area contributed by atoms with E-state index in [1.165, 1.54) is 32.1 Å². The number of rotatable bonds is 2.